The van der Waals surface area contributed by atoms with E-state index in [4.69, 9.17) is 4.98 Å². The molecule has 2 heterocycles. The quantitative estimate of drug-likeness (QED) is 0.491. The predicted octanol–water partition coefficient (Wildman–Crippen LogP) is 5.24. The Morgan fingerprint density at radius 3 is 2.38 bits per heavy atom. The second-order valence-electron chi connectivity index (χ2n) is 5.33. The van der Waals surface area contributed by atoms with Gasteiger partial charge in [0.05, 0.1) is 28.9 Å². The number of pyridine rings is 1. The number of para-hydroxylation sites is 2. The van der Waals surface area contributed by atoms with Crippen LogP contribution in [-0.4, -0.2) is 14.5 Å². The van der Waals surface area contributed by atoms with Crippen LogP contribution in [0.1, 0.15) is 5.69 Å². The fraction of sp³-hybridized carbons (Fsp3) is 0.0526. The molecule has 0 spiro atoms. The van der Waals surface area contributed by atoms with Gasteiger partial charge in [-0.15, -0.1) is 24.8 Å². The van der Waals surface area contributed by atoms with Gasteiger partial charge in [0, 0.05) is 17.1 Å². The summed E-state index contributed by atoms with van der Waals surface area (Å²) in [7, 11) is 0. The van der Waals surface area contributed by atoms with Gasteiger partial charge in [-0.2, -0.15) is 0 Å². The summed E-state index contributed by atoms with van der Waals surface area (Å²) in [5.41, 5.74) is 5.18. The number of fused-ring (bicyclic) bond motifs is 1. The lowest BCUT2D eigenvalue weighted by Crippen LogP contribution is -1.95. The molecule has 0 amide bonds. The van der Waals surface area contributed by atoms with E-state index in [1.54, 1.807) is 0 Å². The van der Waals surface area contributed by atoms with E-state index < -0.39 is 0 Å². The van der Waals surface area contributed by atoms with Crippen molar-refractivity contribution < 1.29 is 0 Å². The Bertz CT molecular complexity index is 963. The van der Waals surface area contributed by atoms with E-state index in [2.05, 4.69) is 35.3 Å². The highest BCUT2D eigenvalue weighted by molar-refractivity contribution is 5.85. The van der Waals surface area contributed by atoms with Gasteiger partial charge < -0.3 is 4.57 Å². The average molecular weight is 358 g/mol. The molecule has 0 aliphatic carbocycles. The van der Waals surface area contributed by atoms with E-state index in [0.717, 1.165) is 33.5 Å². The Hall–Kier alpha value is -2.36. The summed E-state index contributed by atoms with van der Waals surface area (Å²) in [6.07, 6.45) is 3.87. The molecule has 0 saturated heterocycles. The van der Waals surface area contributed by atoms with Crippen LogP contribution in [0.3, 0.4) is 0 Å². The molecule has 122 valence electrons. The maximum absolute atomic E-state index is 4.80. The second-order valence-corrected chi connectivity index (χ2v) is 5.33. The lowest BCUT2D eigenvalue weighted by atomic mass is 10.1. The summed E-state index contributed by atoms with van der Waals surface area (Å²) < 4.78 is 2.04. The highest BCUT2D eigenvalue weighted by Gasteiger charge is 2.08. The topological polar surface area (TPSA) is 30.7 Å². The monoisotopic (exact) mass is 357 g/mol. The van der Waals surface area contributed by atoms with E-state index >= 15 is 0 Å². The van der Waals surface area contributed by atoms with Crippen molar-refractivity contribution in [3.8, 4) is 16.9 Å². The summed E-state index contributed by atoms with van der Waals surface area (Å²) >= 11 is 0. The van der Waals surface area contributed by atoms with E-state index in [1.165, 1.54) is 0 Å². The van der Waals surface area contributed by atoms with Gasteiger partial charge in [0.1, 0.15) is 0 Å². The lowest BCUT2D eigenvalue weighted by molar-refractivity contribution is 1.06. The zero-order chi connectivity index (χ0) is 14.9. The van der Waals surface area contributed by atoms with Crippen LogP contribution < -0.4 is 0 Å². The third kappa shape index (κ3) is 3.28. The van der Waals surface area contributed by atoms with Gasteiger partial charge in [-0.05, 0) is 25.1 Å². The molecule has 24 heavy (non-hydrogen) atoms. The molecule has 4 aromatic rings. The highest BCUT2D eigenvalue weighted by atomic mass is 35.5. The molecule has 0 bridgehead atoms. The Morgan fingerprint density at radius 1 is 0.833 bits per heavy atom. The smallest absolute Gasteiger partial charge is 0.0995 e. The summed E-state index contributed by atoms with van der Waals surface area (Å²) in [4.78, 5) is 9.12. The van der Waals surface area contributed by atoms with Crippen molar-refractivity contribution in [2.24, 2.45) is 0 Å². The maximum atomic E-state index is 4.80. The molecule has 0 aliphatic rings. The number of benzene rings is 2. The summed E-state index contributed by atoms with van der Waals surface area (Å²) in [6, 6.07) is 20.6. The van der Waals surface area contributed by atoms with Crippen LogP contribution >= 0.6 is 24.8 Å². The zero-order valence-electron chi connectivity index (χ0n) is 13.1. The first kappa shape index (κ1) is 18.0. The normalized spacial score (nSPS) is 10.0. The summed E-state index contributed by atoms with van der Waals surface area (Å²) in [6.45, 7) is 1.99. The van der Waals surface area contributed by atoms with Gasteiger partial charge in [-0.25, -0.2) is 9.97 Å². The lowest BCUT2D eigenvalue weighted by Gasteiger charge is -2.10. The SMILES string of the molecule is Cc1cn(-c2ccccc2-c2ccc3ccccc3n2)cn1.Cl.Cl. The van der Waals surface area contributed by atoms with Gasteiger partial charge in [0.15, 0.2) is 0 Å². The molecule has 2 aromatic carbocycles. The molecule has 0 aliphatic heterocycles. The van der Waals surface area contributed by atoms with Crippen molar-refractivity contribution >= 4 is 35.7 Å². The first-order valence-corrected chi connectivity index (χ1v) is 7.27. The fourth-order valence-corrected chi connectivity index (χ4v) is 2.68. The first-order chi connectivity index (χ1) is 10.8. The van der Waals surface area contributed by atoms with E-state index in [0.29, 0.717) is 0 Å². The first-order valence-electron chi connectivity index (χ1n) is 7.27. The van der Waals surface area contributed by atoms with E-state index in [1.807, 2.05) is 54.3 Å². The molecule has 2 aromatic heterocycles. The fourth-order valence-electron chi connectivity index (χ4n) is 2.68. The van der Waals surface area contributed by atoms with Crippen LogP contribution in [0.2, 0.25) is 0 Å². The van der Waals surface area contributed by atoms with Gasteiger partial charge in [-0.1, -0.05) is 42.5 Å². The van der Waals surface area contributed by atoms with Crippen LogP contribution in [0, 0.1) is 6.92 Å². The number of nitrogens with zero attached hydrogens (tertiary/aromatic N) is 3. The number of halogens is 2. The predicted molar refractivity (Wildman–Crippen MR) is 104 cm³/mol. The molecule has 0 atom stereocenters. The largest absolute Gasteiger partial charge is 0.305 e. The molecule has 0 unspecified atom stereocenters. The second kappa shape index (κ2) is 7.47. The molecule has 5 heteroatoms. The Labute approximate surface area is 153 Å². The average Bonchev–Trinajstić information content (AvgIpc) is 3.01. The Morgan fingerprint density at radius 2 is 1.58 bits per heavy atom. The van der Waals surface area contributed by atoms with Crippen molar-refractivity contribution in [1.29, 1.82) is 0 Å². The Balaban J connectivity index is 0.00000104. The number of aromatic nitrogens is 3. The van der Waals surface area contributed by atoms with Crippen molar-refractivity contribution in [2.75, 3.05) is 0 Å². The van der Waals surface area contributed by atoms with Crippen molar-refractivity contribution in [2.45, 2.75) is 6.92 Å². The molecule has 0 N–H and O–H groups in total. The third-order valence-corrected chi connectivity index (χ3v) is 3.77. The van der Waals surface area contributed by atoms with E-state index in [-0.39, 0.29) is 24.8 Å². The highest BCUT2D eigenvalue weighted by Crippen LogP contribution is 2.27. The van der Waals surface area contributed by atoms with Crippen molar-refractivity contribution in [3.63, 3.8) is 0 Å². The van der Waals surface area contributed by atoms with Gasteiger partial charge in [0.25, 0.3) is 0 Å². The van der Waals surface area contributed by atoms with Crippen molar-refractivity contribution in [1.82, 2.24) is 14.5 Å². The van der Waals surface area contributed by atoms with Gasteiger partial charge >= 0.3 is 0 Å². The van der Waals surface area contributed by atoms with Crippen LogP contribution in [0.5, 0.6) is 0 Å². The molecule has 4 rings (SSSR count). The van der Waals surface area contributed by atoms with Crippen LogP contribution in [0.4, 0.5) is 0 Å². The van der Waals surface area contributed by atoms with Crippen LogP contribution in [-0.2, 0) is 0 Å². The molecule has 3 nitrogen and oxygen atoms in total. The minimum Gasteiger partial charge on any atom is -0.305 e. The standard InChI is InChI=1S/C19H15N3.2ClH/c1-14-12-22(13-20-14)19-9-5-3-7-16(19)18-11-10-15-6-2-4-8-17(15)21-18;;/h2-13H,1H3;2*1H. The minimum atomic E-state index is 0. The molecular weight excluding hydrogens is 341 g/mol. The number of aryl methyl sites for hydroxylation is 1. The van der Waals surface area contributed by atoms with Crippen LogP contribution in [0.25, 0.3) is 27.8 Å². The number of imidazole rings is 1. The van der Waals surface area contributed by atoms with Crippen molar-refractivity contribution in [3.05, 3.63) is 78.9 Å². The number of hydrogen-bond acceptors (Lipinski definition) is 2. The summed E-state index contributed by atoms with van der Waals surface area (Å²) in [5, 5.41) is 1.15. The zero-order valence-corrected chi connectivity index (χ0v) is 14.7. The van der Waals surface area contributed by atoms with Crippen LogP contribution in [0.15, 0.2) is 73.2 Å². The number of rotatable bonds is 2. The molecular formula is C19H17Cl2N3. The Kier molecular flexibility index (Phi) is 5.60. The minimum absolute atomic E-state index is 0. The maximum Gasteiger partial charge on any atom is 0.0995 e. The third-order valence-electron chi connectivity index (χ3n) is 3.77. The molecule has 0 fully saturated rings. The van der Waals surface area contributed by atoms with E-state index in [9.17, 15) is 0 Å². The van der Waals surface area contributed by atoms with Gasteiger partial charge in [0.2, 0.25) is 0 Å². The molecule has 0 saturated carbocycles. The molecule has 0 radical (unpaired) electrons. The summed E-state index contributed by atoms with van der Waals surface area (Å²) in [5.74, 6) is 0. The van der Waals surface area contributed by atoms with Gasteiger partial charge in [-0.3, -0.25) is 0 Å². The number of hydrogen-bond donors (Lipinski definition) is 0.